The summed E-state index contributed by atoms with van der Waals surface area (Å²) in [7, 11) is 1.94. The van der Waals surface area contributed by atoms with Gasteiger partial charge in [-0.1, -0.05) is 6.08 Å². The Morgan fingerprint density at radius 2 is 2.00 bits per heavy atom. The van der Waals surface area contributed by atoms with Gasteiger partial charge in [-0.15, -0.1) is 0 Å². The number of hydrogen-bond acceptors (Lipinski definition) is 2. The first-order valence-corrected chi connectivity index (χ1v) is 3.73. The molecule has 0 atom stereocenters. The maximum Gasteiger partial charge on any atom is 0.0394 e. The summed E-state index contributed by atoms with van der Waals surface area (Å²) in [6.45, 7) is 8.45. The van der Waals surface area contributed by atoms with Gasteiger partial charge < -0.3 is 5.01 Å². The summed E-state index contributed by atoms with van der Waals surface area (Å²) in [5, 5.41) is 2.12. The zero-order valence-electron chi connectivity index (χ0n) is 7.60. The quantitative estimate of drug-likeness (QED) is 0.604. The van der Waals surface area contributed by atoms with Gasteiger partial charge in [0.2, 0.25) is 0 Å². The smallest absolute Gasteiger partial charge is 0.0394 e. The molecule has 0 aliphatic rings. The van der Waals surface area contributed by atoms with Crippen LogP contribution in [0.1, 0.15) is 27.7 Å². The Labute approximate surface area is 63.9 Å². The van der Waals surface area contributed by atoms with Crippen LogP contribution in [0.2, 0.25) is 0 Å². The van der Waals surface area contributed by atoms with E-state index < -0.39 is 0 Å². The van der Waals surface area contributed by atoms with Crippen LogP contribution < -0.4 is 5.43 Å². The summed E-state index contributed by atoms with van der Waals surface area (Å²) < 4.78 is 0. The lowest BCUT2D eigenvalue weighted by molar-refractivity contribution is 0.218. The normalized spacial score (nSPS) is 12.4. The van der Waals surface area contributed by atoms with Crippen LogP contribution in [0, 0.1) is 0 Å². The van der Waals surface area contributed by atoms with Crippen LogP contribution >= 0.6 is 0 Å². The van der Waals surface area contributed by atoms with Crippen molar-refractivity contribution in [3.63, 3.8) is 0 Å². The van der Waals surface area contributed by atoms with Crippen LogP contribution in [0.4, 0.5) is 0 Å². The number of allylic oxidation sites excluding steroid dienone is 2. The van der Waals surface area contributed by atoms with Crippen LogP contribution in [-0.2, 0) is 0 Å². The fourth-order valence-corrected chi connectivity index (χ4v) is 0.981. The molecule has 0 saturated carbocycles. The molecule has 0 aromatic carbocycles. The van der Waals surface area contributed by atoms with Crippen molar-refractivity contribution in [2.45, 2.75) is 33.7 Å². The molecule has 0 unspecified atom stereocenters. The van der Waals surface area contributed by atoms with Crippen LogP contribution in [0.15, 0.2) is 11.8 Å². The van der Waals surface area contributed by atoms with E-state index in [2.05, 4.69) is 37.3 Å². The molecule has 0 saturated heterocycles. The predicted molar refractivity (Wildman–Crippen MR) is 45.5 cm³/mol. The predicted octanol–water partition coefficient (Wildman–Crippen LogP) is 1.75. The van der Waals surface area contributed by atoms with Crippen molar-refractivity contribution in [3.8, 4) is 0 Å². The maximum absolute atomic E-state index is 3.12. The van der Waals surface area contributed by atoms with E-state index in [4.69, 9.17) is 0 Å². The fraction of sp³-hybridized carbons (Fsp3) is 0.750. The Kier molecular flexibility index (Phi) is 4.12. The molecule has 0 aliphatic heterocycles. The molecule has 1 N–H and O–H groups in total. The third-order valence-corrected chi connectivity index (χ3v) is 1.56. The zero-order chi connectivity index (χ0) is 8.15. The van der Waals surface area contributed by atoms with Crippen LogP contribution in [-0.4, -0.2) is 18.1 Å². The molecule has 0 bridgehead atoms. The molecule has 0 aliphatic carbocycles. The summed E-state index contributed by atoms with van der Waals surface area (Å²) in [6, 6.07) is 0.515. The van der Waals surface area contributed by atoms with E-state index in [9.17, 15) is 0 Å². The summed E-state index contributed by atoms with van der Waals surface area (Å²) in [5.74, 6) is 0. The topological polar surface area (TPSA) is 15.3 Å². The van der Waals surface area contributed by atoms with Gasteiger partial charge in [0, 0.05) is 18.8 Å². The molecule has 2 heteroatoms. The van der Waals surface area contributed by atoms with Gasteiger partial charge in [0.05, 0.1) is 0 Å². The Hall–Kier alpha value is -0.500. The molecule has 0 heterocycles. The minimum Gasteiger partial charge on any atom is -0.311 e. The van der Waals surface area contributed by atoms with Gasteiger partial charge in [-0.3, -0.25) is 0 Å². The molecule has 2 nitrogen and oxygen atoms in total. The Bertz CT molecular complexity index is 116. The van der Waals surface area contributed by atoms with Crippen molar-refractivity contribution in [2.24, 2.45) is 0 Å². The highest BCUT2D eigenvalue weighted by atomic mass is 15.5. The van der Waals surface area contributed by atoms with E-state index in [-0.39, 0.29) is 0 Å². The second-order valence-corrected chi connectivity index (χ2v) is 2.62. The first-order valence-electron chi connectivity index (χ1n) is 3.73. The van der Waals surface area contributed by atoms with Crippen molar-refractivity contribution in [2.75, 3.05) is 7.05 Å². The van der Waals surface area contributed by atoms with Gasteiger partial charge in [0.25, 0.3) is 0 Å². The highest BCUT2D eigenvalue weighted by Gasteiger charge is 2.04. The van der Waals surface area contributed by atoms with Crippen LogP contribution in [0.5, 0.6) is 0 Å². The van der Waals surface area contributed by atoms with E-state index in [0.29, 0.717) is 6.04 Å². The lowest BCUT2D eigenvalue weighted by Gasteiger charge is -2.28. The molecule has 0 rings (SSSR count). The molecule has 0 spiro atoms. The summed E-state index contributed by atoms with van der Waals surface area (Å²) >= 11 is 0. The Morgan fingerprint density at radius 1 is 1.50 bits per heavy atom. The molecule has 0 aromatic rings. The highest BCUT2D eigenvalue weighted by Crippen LogP contribution is 2.03. The summed E-state index contributed by atoms with van der Waals surface area (Å²) in [6.07, 6.45) is 2.09. The van der Waals surface area contributed by atoms with Gasteiger partial charge in [-0.05, 0) is 27.7 Å². The van der Waals surface area contributed by atoms with E-state index in [1.165, 1.54) is 5.70 Å². The average molecular weight is 142 g/mol. The van der Waals surface area contributed by atoms with Crippen molar-refractivity contribution >= 4 is 0 Å². The number of nitrogens with one attached hydrogen (secondary N) is 1. The molecule has 60 valence electrons. The van der Waals surface area contributed by atoms with E-state index in [1.54, 1.807) is 0 Å². The van der Waals surface area contributed by atoms with Crippen molar-refractivity contribution < 1.29 is 0 Å². The summed E-state index contributed by atoms with van der Waals surface area (Å²) in [5.41, 5.74) is 4.38. The van der Waals surface area contributed by atoms with Gasteiger partial charge in [0.15, 0.2) is 0 Å². The Morgan fingerprint density at radius 3 is 2.10 bits per heavy atom. The average Bonchev–Trinajstić information content (AvgIpc) is 1.88. The molecule has 10 heavy (non-hydrogen) atoms. The van der Waals surface area contributed by atoms with Crippen LogP contribution in [0.3, 0.4) is 0 Å². The number of nitrogens with zero attached hydrogens (tertiary/aromatic N) is 1. The number of hydrogen-bond donors (Lipinski definition) is 1. The second kappa shape index (κ2) is 4.34. The second-order valence-electron chi connectivity index (χ2n) is 2.62. The van der Waals surface area contributed by atoms with Gasteiger partial charge in [-0.2, -0.15) is 0 Å². The molecule has 0 aromatic heterocycles. The van der Waals surface area contributed by atoms with Crippen molar-refractivity contribution in [1.29, 1.82) is 0 Å². The number of hydrazine groups is 1. The molecular weight excluding hydrogens is 124 g/mol. The first-order chi connectivity index (χ1) is 4.63. The zero-order valence-corrected chi connectivity index (χ0v) is 7.60. The minimum absolute atomic E-state index is 0.515. The largest absolute Gasteiger partial charge is 0.311 e. The standard InChI is InChI=1S/C8H18N2/c1-6-8(4)10(9-5)7(2)3/h6-7,9H,1-5H3/b8-6-. The molecular formula is C8H18N2. The van der Waals surface area contributed by atoms with Crippen molar-refractivity contribution in [3.05, 3.63) is 11.8 Å². The maximum atomic E-state index is 3.12. The van der Waals surface area contributed by atoms with Gasteiger partial charge in [0.1, 0.15) is 0 Å². The lowest BCUT2D eigenvalue weighted by Crippen LogP contribution is -2.38. The monoisotopic (exact) mass is 142 g/mol. The van der Waals surface area contributed by atoms with E-state index in [0.717, 1.165) is 0 Å². The third-order valence-electron chi connectivity index (χ3n) is 1.56. The fourth-order valence-electron chi connectivity index (χ4n) is 0.981. The molecule has 0 fully saturated rings. The SMILES string of the molecule is C/C=C(/C)N(NC)C(C)C. The van der Waals surface area contributed by atoms with Crippen molar-refractivity contribution in [1.82, 2.24) is 10.4 Å². The minimum atomic E-state index is 0.515. The third kappa shape index (κ3) is 2.40. The van der Waals surface area contributed by atoms with Crippen LogP contribution in [0.25, 0.3) is 0 Å². The summed E-state index contributed by atoms with van der Waals surface area (Å²) in [4.78, 5) is 0. The highest BCUT2D eigenvalue weighted by molar-refractivity contribution is 4.94. The number of rotatable bonds is 3. The van der Waals surface area contributed by atoms with Gasteiger partial charge >= 0.3 is 0 Å². The van der Waals surface area contributed by atoms with E-state index >= 15 is 0 Å². The first kappa shape index (κ1) is 9.50. The molecule has 0 amide bonds. The lowest BCUT2D eigenvalue weighted by atomic mass is 10.3. The molecule has 0 radical (unpaired) electrons. The Balaban J connectivity index is 4.07. The van der Waals surface area contributed by atoms with E-state index in [1.807, 2.05) is 14.0 Å². The van der Waals surface area contributed by atoms with Gasteiger partial charge in [-0.25, -0.2) is 5.43 Å².